The van der Waals surface area contributed by atoms with Crippen LogP contribution in [-0.2, 0) is 9.84 Å². The van der Waals surface area contributed by atoms with Gasteiger partial charge in [0, 0.05) is 23.7 Å². The minimum atomic E-state index is -3.05. The molecular weight excluding hydrogens is 300 g/mol. The predicted octanol–water partition coefficient (Wildman–Crippen LogP) is 1.43. The molecule has 20 heavy (non-hydrogen) atoms. The highest BCUT2D eigenvalue weighted by atomic mass is 35.5. The first-order valence-electron chi connectivity index (χ1n) is 6.35. The van der Waals surface area contributed by atoms with Crippen molar-refractivity contribution < 1.29 is 13.2 Å². The summed E-state index contributed by atoms with van der Waals surface area (Å²) in [6, 6.07) is 6.69. The first-order valence-corrected chi connectivity index (χ1v) is 8.70. The number of nitrogens with two attached hydrogens (primary N) is 1. The van der Waals surface area contributed by atoms with Gasteiger partial charge in [-0.3, -0.25) is 4.79 Å². The quantitative estimate of drug-likeness (QED) is 0.431. The minimum absolute atomic E-state index is 0.00417. The largest absolute Gasteiger partial charge is 0.399 e. The maximum Gasteiger partial charge on any atom is 0.251 e. The highest BCUT2D eigenvalue weighted by Crippen LogP contribution is 2.06. The van der Waals surface area contributed by atoms with E-state index in [1.807, 2.05) is 0 Å². The number of unbranched alkanes of at least 4 members (excludes halogenated alkanes) is 1. The lowest BCUT2D eigenvalue weighted by atomic mass is 10.2. The van der Waals surface area contributed by atoms with Gasteiger partial charge in [0.05, 0.1) is 11.5 Å². The van der Waals surface area contributed by atoms with Gasteiger partial charge in [-0.15, -0.1) is 11.6 Å². The number of amides is 1. The topological polar surface area (TPSA) is 89.3 Å². The molecule has 112 valence electrons. The molecule has 0 aliphatic carbocycles. The molecule has 1 rings (SSSR count). The van der Waals surface area contributed by atoms with Crippen molar-refractivity contribution in [2.45, 2.75) is 12.8 Å². The van der Waals surface area contributed by atoms with Gasteiger partial charge in [0.15, 0.2) is 9.84 Å². The molecule has 0 bridgehead atoms. The monoisotopic (exact) mass is 318 g/mol. The molecule has 1 aromatic carbocycles. The number of nitrogen functional groups attached to an aromatic ring is 1. The Hall–Kier alpha value is -1.27. The van der Waals surface area contributed by atoms with E-state index in [0.717, 1.165) is 0 Å². The summed E-state index contributed by atoms with van der Waals surface area (Å²) in [5, 5.41) is 2.73. The Morgan fingerprint density at radius 2 is 2.00 bits per heavy atom. The lowest BCUT2D eigenvalue weighted by Crippen LogP contribution is -2.25. The maximum atomic E-state index is 11.8. The summed E-state index contributed by atoms with van der Waals surface area (Å²) < 4.78 is 22.8. The summed E-state index contributed by atoms with van der Waals surface area (Å²) in [5.74, 6) is 0.0213. The van der Waals surface area contributed by atoms with Crippen molar-refractivity contribution in [2.75, 3.05) is 29.7 Å². The molecule has 0 radical (unpaired) electrons. The molecule has 0 aliphatic heterocycles. The first kappa shape index (κ1) is 16.8. The van der Waals surface area contributed by atoms with Gasteiger partial charge < -0.3 is 11.1 Å². The molecule has 0 aromatic heterocycles. The van der Waals surface area contributed by atoms with Gasteiger partial charge in [-0.1, -0.05) is 6.07 Å². The maximum absolute atomic E-state index is 11.8. The van der Waals surface area contributed by atoms with Crippen LogP contribution in [0.15, 0.2) is 24.3 Å². The minimum Gasteiger partial charge on any atom is -0.399 e. The molecule has 0 saturated heterocycles. The van der Waals surface area contributed by atoms with Crippen molar-refractivity contribution in [3.8, 4) is 0 Å². The van der Waals surface area contributed by atoms with Crippen LogP contribution < -0.4 is 11.1 Å². The molecule has 0 unspecified atom stereocenters. The SMILES string of the molecule is Nc1cccc(C(=O)NCCCCS(=O)(=O)CCCl)c1. The van der Waals surface area contributed by atoms with Crippen molar-refractivity contribution >= 4 is 33.0 Å². The number of alkyl halides is 1. The standard InChI is InChI=1S/C13H19ClN2O3S/c14-6-9-20(18,19)8-2-1-7-16-13(17)11-4-3-5-12(15)10-11/h3-5,10H,1-2,6-9,15H2,(H,16,17). The fourth-order valence-corrected chi connectivity index (χ4v) is 3.44. The van der Waals surface area contributed by atoms with Crippen LogP contribution in [0.3, 0.4) is 0 Å². The number of sulfone groups is 1. The third-order valence-corrected chi connectivity index (χ3v) is 4.85. The summed E-state index contributed by atoms with van der Waals surface area (Å²) in [5.41, 5.74) is 6.62. The Morgan fingerprint density at radius 1 is 1.25 bits per heavy atom. The van der Waals surface area contributed by atoms with Gasteiger partial charge >= 0.3 is 0 Å². The Kier molecular flexibility index (Phi) is 6.81. The smallest absolute Gasteiger partial charge is 0.251 e. The highest BCUT2D eigenvalue weighted by Gasteiger charge is 2.09. The van der Waals surface area contributed by atoms with E-state index in [4.69, 9.17) is 17.3 Å². The highest BCUT2D eigenvalue weighted by molar-refractivity contribution is 7.91. The lowest BCUT2D eigenvalue weighted by molar-refractivity contribution is 0.0953. The number of carbonyl (C=O) groups is 1. The fraction of sp³-hybridized carbons (Fsp3) is 0.462. The number of carbonyl (C=O) groups excluding carboxylic acids is 1. The van der Waals surface area contributed by atoms with Crippen LogP contribution >= 0.6 is 11.6 Å². The van der Waals surface area contributed by atoms with E-state index in [-0.39, 0.29) is 23.3 Å². The lowest BCUT2D eigenvalue weighted by Gasteiger charge is -2.06. The predicted molar refractivity (Wildman–Crippen MR) is 81.8 cm³/mol. The van der Waals surface area contributed by atoms with E-state index < -0.39 is 9.84 Å². The van der Waals surface area contributed by atoms with Gasteiger partial charge in [0.1, 0.15) is 0 Å². The van der Waals surface area contributed by atoms with E-state index in [0.29, 0.717) is 30.6 Å². The van der Waals surface area contributed by atoms with Gasteiger partial charge in [-0.2, -0.15) is 0 Å². The number of benzene rings is 1. The molecular formula is C13H19ClN2O3S. The molecule has 5 nitrogen and oxygen atoms in total. The molecule has 1 amide bonds. The fourth-order valence-electron chi connectivity index (χ4n) is 1.65. The van der Waals surface area contributed by atoms with Crippen molar-refractivity contribution in [2.24, 2.45) is 0 Å². The van der Waals surface area contributed by atoms with Crippen LogP contribution in [0.25, 0.3) is 0 Å². The van der Waals surface area contributed by atoms with E-state index >= 15 is 0 Å². The number of halogens is 1. The zero-order chi connectivity index (χ0) is 15.0. The average Bonchev–Trinajstić information content (AvgIpc) is 2.38. The van der Waals surface area contributed by atoms with Crippen molar-refractivity contribution in [1.29, 1.82) is 0 Å². The van der Waals surface area contributed by atoms with Crippen molar-refractivity contribution in [3.05, 3.63) is 29.8 Å². The molecule has 0 aliphatic rings. The van der Waals surface area contributed by atoms with Gasteiger partial charge in [0.2, 0.25) is 0 Å². The number of hydrogen-bond acceptors (Lipinski definition) is 4. The summed E-state index contributed by atoms with van der Waals surface area (Å²) >= 11 is 5.40. The normalized spacial score (nSPS) is 11.2. The van der Waals surface area contributed by atoms with Crippen LogP contribution in [0, 0.1) is 0 Å². The zero-order valence-corrected chi connectivity index (χ0v) is 12.7. The number of nitrogens with one attached hydrogen (secondary N) is 1. The van der Waals surface area contributed by atoms with Crippen LogP contribution in [0.1, 0.15) is 23.2 Å². The second-order valence-corrected chi connectivity index (χ2v) is 7.11. The summed E-state index contributed by atoms with van der Waals surface area (Å²) in [6.45, 7) is 0.435. The average molecular weight is 319 g/mol. The van der Waals surface area contributed by atoms with Crippen LogP contribution in [0.2, 0.25) is 0 Å². The summed E-state index contributed by atoms with van der Waals surface area (Å²) in [6.07, 6.45) is 1.12. The van der Waals surface area contributed by atoms with E-state index in [1.54, 1.807) is 24.3 Å². The molecule has 0 fully saturated rings. The Bertz CT molecular complexity index is 546. The number of anilines is 1. The van der Waals surface area contributed by atoms with Crippen molar-refractivity contribution in [1.82, 2.24) is 5.32 Å². The number of hydrogen-bond donors (Lipinski definition) is 2. The van der Waals surface area contributed by atoms with Crippen molar-refractivity contribution in [3.63, 3.8) is 0 Å². The molecule has 1 aromatic rings. The Labute approximate surface area is 124 Å². The third kappa shape index (κ3) is 6.25. The first-order chi connectivity index (χ1) is 9.44. The molecule has 0 spiro atoms. The van der Waals surface area contributed by atoms with Gasteiger partial charge in [0.25, 0.3) is 5.91 Å². The summed E-state index contributed by atoms with van der Waals surface area (Å²) in [7, 11) is -3.05. The van der Waals surface area contributed by atoms with Gasteiger partial charge in [-0.25, -0.2) is 8.42 Å². The van der Waals surface area contributed by atoms with E-state index in [2.05, 4.69) is 5.32 Å². The van der Waals surface area contributed by atoms with Crippen LogP contribution in [0.4, 0.5) is 5.69 Å². The third-order valence-electron chi connectivity index (χ3n) is 2.70. The molecule has 0 saturated carbocycles. The molecule has 3 N–H and O–H groups in total. The second kappa shape index (κ2) is 8.11. The number of rotatable bonds is 8. The Morgan fingerprint density at radius 3 is 2.65 bits per heavy atom. The zero-order valence-electron chi connectivity index (χ0n) is 11.1. The van der Waals surface area contributed by atoms with Crippen LogP contribution in [-0.4, -0.2) is 38.3 Å². The van der Waals surface area contributed by atoms with E-state index in [1.165, 1.54) is 0 Å². The molecule has 7 heteroatoms. The van der Waals surface area contributed by atoms with E-state index in [9.17, 15) is 13.2 Å². The summed E-state index contributed by atoms with van der Waals surface area (Å²) in [4.78, 5) is 11.8. The van der Waals surface area contributed by atoms with Crippen LogP contribution in [0.5, 0.6) is 0 Å². The Balaban J connectivity index is 2.26. The second-order valence-electron chi connectivity index (χ2n) is 4.43. The van der Waals surface area contributed by atoms with Gasteiger partial charge in [-0.05, 0) is 31.0 Å². The molecule has 0 heterocycles. The molecule has 0 atom stereocenters.